The van der Waals surface area contributed by atoms with Crippen LogP contribution in [-0.4, -0.2) is 23.8 Å². The van der Waals surface area contributed by atoms with Crippen LogP contribution in [0.2, 0.25) is 0 Å². The van der Waals surface area contributed by atoms with Gasteiger partial charge in [0.1, 0.15) is 5.82 Å². The Labute approximate surface area is 188 Å². The molecule has 0 atom stereocenters. The van der Waals surface area contributed by atoms with E-state index >= 15 is 0 Å². The lowest BCUT2D eigenvalue weighted by Crippen LogP contribution is -2.17. The molecule has 1 aliphatic rings. The van der Waals surface area contributed by atoms with E-state index in [0.29, 0.717) is 0 Å². The Morgan fingerprint density at radius 1 is 1.10 bits per heavy atom. The molecule has 0 bridgehead atoms. The van der Waals surface area contributed by atoms with Gasteiger partial charge in [-0.25, -0.2) is 0 Å². The third-order valence-electron chi connectivity index (χ3n) is 5.02. The number of anilines is 1. The van der Waals surface area contributed by atoms with Crippen LogP contribution in [0.3, 0.4) is 0 Å². The summed E-state index contributed by atoms with van der Waals surface area (Å²) < 4.78 is 0. The van der Waals surface area contributed by atoms with Gasteiger partial charge in [0.05, 0.1) is 0 Å². The maximum Gasteiger partial charge on any atom is 0.106 e. The minimum Gasteiger partial charge on any atom is -0.401 e. The second-order valence-electron chi connectivity index (χ2n) is 7.89. The van der Waals surface area contributed by atoms with E-state index in [9.17, 15) is 0 Å². The molecule has 1 saturated heterocycles. The van der Waals surface area contributed by atoms with Crippen molar-refractivity contribution >= 4 is 17.6 Å². The summed E-state index contributed by atoms with van der Waals surface area (Å²) in [5.41, 5.74) is 10.1. The molecule has 4 heteroatoms. The zero-order chi connectivity index (χ0) is 22.3. The second kappa shape index (κ2) is 14.1. The van der Waals surface area contributed by atoms with Gasteiger partial charge in [-0.1, -0.05) is 42.5 Å². The van der Waals surface area contributed by atoms with E-state index in [1.165, 1.54) is 24.2 Å². The number of hydrogen-bond donors (Lipinski definition) is 2. The minimum absolute atomic E-state index is 0.801. The fourth-order valence-corrected chi connectivity index (χ4v) is 3.28. The van der Waals surface area contributed by atoms with Gasteiger partial charge in [-0.05, 0) is 82.7 Å². The first-order chi connectivity index (χ1) is 15.1. The quantitative estimate of drug-likeness (QED) is 0.239. The van der Waals surface area contributed by atoms with Crippen LogP contribution in [0, 0.1) is 0 Å². The van der Waals surface area contributed by atoms with Crippen molar-refractivity contribution in [1.82, 2.24) is 4.98 Å². The lowest BCUT2D eigenvalue weighted by atomic mass is 10.2. The zero-order valence-electron chi connectivity index (χ0n) is 19.3. The Morgan fingerprint density at radius 2 is 1.90 bits per heavy atom. The number of nitrogens with one attached hydrogen (secondary N) is 1. The molecule has 0 saturated carbocycles. The summed E-state index contributed by atoms with van der Waals surface area (Å²) in [5.74, 6) is 1.22. The third kappa shape index (κ3) is 10.0. The standard InChI is InChI=1S/C27H38N4/c1-4-5-6-7-8-9-10-11-14-25(28)22-29-24(3)16-15-23(2)21-26-17-18-27(30-26)31-19-12-13-20-31/h4-7,9-10,15-18,21-22,30H,8,11-14,19-20,28H2,1-3H3/b5-4-,7-6?,10-9+,16-15?,23-21?,25-22-,29-24?. The summed E-state index contributed by atoms with van der Waals surface area (Å²) in [4.78, 5) is 10.4. The van der Waals surface area contributed by atoms with Gasteiger partial charge in [0.15, 0.2) is 0 Å². The van der Waals surface area contributed by atoms with E-state index in [-0.39, 0.29) is 0 Å². The molecule has 0 aromatic carbocycles. The van der Waals surface area contributed by atoms with Crippen LogP contribution in [0.5, 0.6) is 0 Å². The van der Waals surface area contributed by atoms with Crippen molar-refractivity contribution in [2.24, 2.45) is 10.7 Å². The van der Waals surface area contributed by atoms with Crippen molar-refractivity contribution in [3.8, 4) is 0 Å². The van der Waals surface area contributed by atoms with Gasteiger partial charge in [-0.15, -0.1) is 0 Å². The third-order valence-corrected chi connectivity index (χ3v) is 5.02. The van der Waals surface area contributed by atoms with Gasteiger partial charge >= 0.3 is 0 Å². The molecular formula is C27H38N4. The summed E-state index contributed by atoms with van der Waals surface area (Å²) in [6, 6.07) is 4.31. The predicted molar refractivity (Wildman–Crippen MR) is 137 cm³/mol. The molecule has 2 rings (SSSR count). The summed E-state index contributed by atoms with van der Waals surface area (Å²) in [7, 11) is 0. The van der Waals surface area contributed by atoms with Crippen LogP contribution < -0.4 is 10.6 Å². The first-order valence-electron chi connectivity index (χ1n) is 11.3. The van der Waals surface area contributed by atoms with Crippen molar-refractivity contribution in [3.63, 3.8) is 0 Å². The van der Waals surface area contributed by atoms with E-state index < -0.39 is 0 Å². The van der Waals surface area contributed by atoms with E-state index in [2.05, 4.69) is 70.4 Å². The Kier molecular flexibility index (Phi) is 11.0. The molecule has 1 aliphatic heterocycles. The fraction of sp³-hybridized carbons (Fsp3) is 0.370. The molecule has 1 fully saturated rings. The van der Waals surface area contributed by atoms with E-state index in [0.717, 1.165) is 49.5 Å². The molecule has 3 N–H and O–H groups in total. The van der Waals surface area contributed by atoms with Crippen LogP contribution in [0.4, 0.5) is 5.82 Å². The number of aromatic amines is 1. The molecule has 166 valence electrons. The molecule has 1 aromatic rings. The molecule has 2 heterocycles. The largest absolute Gasteiger partial charge is 0.401 e. The lowest BCUT2D eigenvalue weighted by molar-refractivity contribution is 0.945. The number of allylic oxidation sites excluding steroid dienone is 10. The summed E-state index contributed by atoms with van der Waals surface area (Å²) in [6.45, 7) is 8.41. The van der Waals surface area contributed by atoms with Gasteiger partial charge < -0.3 is 15.6 Å². The van der Waals surface area contributed by atoms with E-state index in [1.54, 1.807) is 6.20 Å². The SMILES string of the molecule is C/C=C\C=CC/C=C/CC/C(N)=C/N=C(C)C=CC(C)=Cc1ccc(N2CCCC2)[nH]1. The normalized spacial score (nSPS) is 16.9. The highest BCUT2D eigenvalue weighted by molar-refractivity contribution is 5.93. The van der Waals surface area contributed by atoms with Crippen molar-refractivity contribution in [3.05, 3.63) is 83.9 Å². The average molecular weight is 419 g/mol. The van der Waals surface area contributed by atoms with Gasteiger partial charge in [0, 0.05) is 36.4 Å². The number of rotatable bonds is 11. The highest BCUT2D eigenvalue weighted by Gasteiger charge is 2.12. The van der Waals surface area contributed by atoms with Crippen molar-refractivity contribution in [1.29, 1.82) is 0 Å². The molecule has 0 amide bonds. The van der Waals surface area contributed by atoms with Crippen molar-refractivity contribution in [2.45, 2.75) is 52.9 Å². The number of hydrogen-bond acceptors (Lipinski definition) is 3. The minimum atomic E-state index is 0.801. The number of nitrogens with two attached hydrogens (primary N) is 1. The Hall–Kier alpha value is -3.01. The monoisotopic (exact) mass is 418 g/mol. The van der Waals surface area contributed by atoms with Crippen molar-refractivity contribution < 1.29 is 0 Å². The molecule has 0 spiro atoms. The smallest absolute Gasteiger partial charge is 0.106 e. The average Bonchev–Trinajstić information content (AvgIpc) is 3.44. The second-order valence-corrected chi connectivity index (χ2v) is 7.89. The van der Waals surface area contributed by atoms with Crippen LogP contribution >= 0.6 is 0 Å². The summed E-state index contributed by atoms with van der Waals surface area (Å²) in [5, 5.41) is 0. The van der Waals surface area contributed by atoms with Crippen LogP contribution in [0.15, 0.2) is 83.2 Å². The van der Waals surface area contributed by atoms with Crippen LogP contribution in [-0.2, 0) is 0 Å². The molecule has 1 aromatic heterocycles. The molecule has 4 nitrogen and oxygen atoms in total. The zero-order valence-corrected chi connectivity index (χ0v) is 19.3. The van der Waals surface area contributed by atoms with E-state index in [4.69, 9.17) is 5.73 Å². The lowest BCUT2D eigenvalue weighted by Gasteiger charge is -2.14. The Balaban J connectivity index is 1.77. The number of aromatic nitrogens is 1. The van der Waals surface area contributed by atoms with Crippen LogP contribution in [0.25, 0.3) is 6.08 Å². The maximum atomic E-state index is 6.07. The first-order valence-corrected chi connectivity index (χ1v) is 11.3. The molecule has 0 unspecified atom stereocenters. The number of H-pyrrole nitrogens is 1. The van der Waals surface area contributed by atoms with Crippen molar-refractivity contribution in [2.75, 3.05) is 18.0 Å². The molecule has 0 aliphatic carbocycles. The fourth-order valence-electron chi connectivity index (χ4n) is 3.28. The number of aliphatic imine (C=N–C) groups is 1. The molecule has 31 heavy (non-hydrogen) atoms. The topological polar surface area (TPSA) is 57.4 Å². The Morgan fingerprint density at radius 3 is 2.68 bits per heavy atom. The highest BCUT2D eigenvalue weighted by atomic mass is 15.2. The van der Waals surface area contributed by atoms with Crippen LogP contribution in [0.1, 0.15) is 58.6 Å². The molecular weight excluding hydrogens is 380 g/mol. The van der Waals surface area contributed by atoms with Gasteiger partial charge in [-0.2, -0.15) is 0 Å². The van der Waals surface area contributed by atoms with Gasteiger partial charge in [-0.3, -0.25) is 4.99 Å². The van der Waals surface area contributed by atoms with Gasteiger partial charge in [0.25, 0.3) is 0 Å². The highest BCUT2D eigenvalue weighted by Crippen LogP contribution is 2.20. The summed E-state index contributed by atoms with van der Waals surface area (Å²) >= 11 is 0. The molecule has 0 radical (unpaired) electrons. The summed E-state index contributed by atoms with van der Waals surface area (Å²) in [6.07, 6.45) is 25.9. The first kappa shape index (κ1) is 24.3. The van der Waals surface area contributed by atoms with E-state index in [1.807, 2.05) is 32.1 Å². The van der Waals surface area contributed by atoms with Gasteiger partial charge in [0.2, 0.25) is 0 Å². The maximum absolute atomic E-state index is 6.07. The number of nitrogens with zero attached hydrogens (tertiary/aromatic N) is 2. The Bertz CT molecular complexity index is 869. The predicted octanol–water partition coefficient (Wildman–Crippen LogP) is 6.69.